The summed E-state index contributed by atoms with van der Waals surface area (Å²) in [6, 6.07) is 11.4. The number of benzene rings is 2. The number of rotatable bonds is 5. The molecule has 1 aromatic heterocycles. The van der Waals surface area contributed by atoms with Crippen LogP contribution in [-0.4, -0.2) is 17.1 Å². The van der Waals surface area contributed by atoms with Gasteiger partial charge in [0.25, 0.3) is 0 Å². The van der Waals surface area contributed by atoms with Gasteiger partial charge in [-0.25, -0.2) is 0 Å². The van der Waals surface area contributed by atoms with E-state index in [4.69, 9.17) is 16.3 Å². The van der Waals surface area contributed by atoms with Crippen molar-refractivity contribution >= 4 is 34.8 Å². The van der Waals surface area contributed by atoms with Crippen molar-refractivity contribution < 1.29 is 17.9 Å². The number of ether oxygens (including phenoxy) is 1. The lowest BCUT2D eigenvalue weighted by Crippen LogP contribution is -2.36. The van der Waals surface area contributed by atoms with Crippen LogP contribution < -0.4 is 10.1 Å². The third-order valence-corrected chi connectivity index (χ3v) is 5.83. The fraction of sp³-hybridized carbons (Fsp3) is 0.348. The Morgan fingerprint density at radius 2 is 1.71 bits per heavy atom. The van der Waals surface area contributed by atoms with Crippen LogP contribution >= 0.6 is 24.0 Å². The zero-order chi connectivity index (χ0) is 21.1. The average Bonchev–Trinajstić information content (AvgIpc) is 2.73. The van der Waals surface area contributed by atoms with Crippen molar-refractivity contribution in [1.29, 1.82) is 0 Å². The molecule has 1 heterocycles. The predicted molar refractivity (Wildman–Crippen MR) is 119 cm³/mol. The molecule has 0 bridgehead atoms. The van der Waals surface area contributed by atoms with E-state index in [1.165, 1.54) is 12.1 Å². The van der Waals surface area contributed by atoms with Crippen LogP contribution in [0.2, 0.25) is 5.02 Å². The van der Waals surface area contributed by atoms with E-state index < -0.39 is 11.7 Å². The van der Waals surface area contributed by atoms with Crippen LogP contribution in [0.5, 0.6) is 5.75 Å². The van der Waals surface area contributed by atoms with Gasteiger partial charge < -0.3 is 10.1 Å². The maximum atomic E-state index is 12.7. The zero-order valence-corrected chi connectivity index (χ0v) is 18.2. The summed E-state index contributed by atoms with van der Waals surface area (Å²) >= 11 is 6.37. The van der Waals surface area contributed by atoms with Crippen molar-refractivity contribution in [3.8, 4) is 5.75 Å². The third kappa shape index (κ3) is 6.03. The van der Waals surface area contributed by atoms with Gasteiger partial charge in [-0.05, 0) is 67.0 Å². The normalized spacial score (nSPS) is 19.1. The average molecular weight is 471 g/mol. The molecule has 1 N–H and O–H groups in total. The molecule has 1 saturated carbocycles. The minimum Gasteiger partial charge on any atom is -0.489 e. The largest absolute Gasteiger partial charge is 0.489 e. The summed E-state index contributed by atoms with van der Waals surface area (Å²) in [7, 11) is 0. The van der Waals surface area contributed by atoms with E-state index in [9.17, 15) is 13.2 Å². The molecule has 0 atom stereocenters. The molecule has 1 aliphatic rings. The van der Waals surface area contributed by atoms with Gasteiger partial charge in [-0.1, -0.05) is 23.7 Å². The zero-order valence-electron chi connectivity index (χ0n) is 16.7. The second-order valence-electron chi connectivity index (χ2n) is 7.67. The smallest absolute Gasteiger partial charge is 0.416 e. The summed E-state index contributed by atoms with van der Waals surface area (Å²) < 4.78 is 44.1. The first-order valence-electron chi connectivity index (χ1n) is 9.98. The Labute approximate surface area is 190 Å². The number of nitrogens with one attached hydrogen (secondary N) is 1. The van der Waals surface area contributed by atoms with E-state index in [1.54, 1.807) is 12.4 Å². The molecule has 2 aromatic carbocycles. The number of fused-ring (bicyclic) bond motifs is 1. The van der Waals surface area contributed by atoms with Gasteiger partial charge in [-0.3, -0.25) is 4.98 Å². The summed E-state index contributed by atoms with van der Waals surface area (Å²) in [4.78, 5) is 4.11. The van der Waals surface area contributed by atoms with Gasteiger partial charge in [0.15, 0.2) is 0 Å². The molecule has 1 fully saturated rings. The lowest BCUT2D eigenvalue weighted by Gasteiger charge is -2.30. The van der Waals surface area contributed by atoms with Gasteiger partial charge >= 0.3 is 6.18 Å². The topological polar surface area (TPSA) is 34.1 Å². The first-order valence-corrected chi connectivity index (χ1v) is 10.4. The molecular formula is C23H23Cl2F3N2O. The fourth-order valence-corrected chi connectivity index (χ4v) is 4.03. The fourth-order valence-electron chi connectivity index (χ4n) is 3.82. The Morgan fingerprint density at radius 3 is 2.39 bits per heavy atom. The molecule has 1 aliphatic carbocycles. The van der Waals surface area contributed by atoms with Crippen LogP contribution in [-0.2, 0) is 12.7 Å². The Balaban J connectivity index is 0.00000272. The van der Waals surface area contributed by atoms with Gasteiger partial charge in [0, 0.05) is 30.4 Å². The number of pyridine rings is 1. The van der Waals surface area contributed by atoms with Crippen molar-refractivity contribution in [1.82, 2.24) is 10.3 Å². The SMILES string of the molecule is Cl.FC(F)(F)c1ccc(CNC2CCC(Oc3cc4ccncc4cc3Cl)CC2)cc1. The van der Waals surface area contributed by atoms with E-state index in [2.05, 4.69) is 10.3 Å². The number of halogens is 5. The lowest BCUT2D eigenvalue weighted by molar-refractivity contribution is -0.137. The Hall–Kier alpha value is -2.02. The standard InChI is InChI=1S/C23H22ClF3N2O.ClH/c24-21-11-17-14-28-10-9-16(17)12-22(21)30-20-7-5-19(6-8-20)29-13-15-1-3-18(4-2-15)23(25,26)27;/h1-4,9-12,14,19-20,29H,5-8,13H2;1H. The molecule has 3 aromatic rings. The van der Waals surface area contributed by atoms with Gasteiger partial charge in [-0.2, -0.15) is 13.2 Å². The Bertz CT molecular complexity index is 1000. The van der Waals surface area contributed by atoms with Crippen molar-refractivity contribution in [3.05, 3.63) is 71.0 Å². The number of nitrogens with zero attached hydrogens (tertiary/aromatic N) is 1. The van der Waals surface area contributed by atoms with Gasteiger partial charge in [0.2, 0.25) is 0 Å². The van der Waals surface area contributed by atoms with Crippen LogP contribution in [0.1, 0.15) is 36.8 Å². The van der Waals surface area contributed by atoms with E-state index >= 15 is 0 Å². The number of hydrogen-bond acceptors (Lipinski definition) is 3. The first-order chi connectivity index (χ1) is 14.4. The highest BCUT2D eigenvalue weighted by atomic mass is 35.5. The van der Waals surface area contributed by atoms with Gasteiger partial charge in [0.1, 0.15) is 5.75 Å². The molecule has 0 amide bonds. The first kappa shape index (κ1) is 23.6. The molecule has 0 unspecified atom stereocenters. The molecule has 0 spiro atoms. The summed E-state index contributed by atoms with van der Waals surface area (Å²) in [6.45, 7) is 0.554. The molecule has 0 saturated heterocycles. The minimum absolute atomic E-state index is 0. The summed E-state index contributed by atoms with van der Waals surface area (Å²) in [5.41, 5.74) is 0.228. The van der Waals surface area contributed by atoms with Crippen molar-refractivity contribution in [2.24, 2.45) is 0 Å². The maximum Gasteiger partial charge on any atom is 0.416 e. The van der Waals surface area contributed by atoms with Gasteiger partial charge in [-0.15, -0.1) is 12.4 Å². The lowest BCUT2D eigenvalue weighted by atomic mass is 9.92. The quantitative estimate of drug-likeness (QED) is 0.444. The minimum atomic E-state index is -4.30. The van der Waals surface area contributed by atoms with Crippen LogP contribution in [0, 0.1) is 0 Å². The summed E-state index contributed by atoms with van der Waals surface area (Å²) in [5, 5.41) is 6.04. The van der Waals surface area contributed by atoms with Crippen molar-refractivity contribution in [3.63, 3.8) is 0 Å². The van der Waals surface area contributed by atoms with Crippen LogP contribution in [0.15, 0.2) is 54.9 Å². The monoisotopic (exact) mass is 470 g/mol. The second kappa shape index (κ2) is 10.1. The number of alkyl halides is 3. The molecule has 0 radical (unpaired) electrons. The Kier molecular flexibility index (Phi) is 7.68. The summed E-state index contributed by atoms with van der Waals surface area (Å²) in [6.07, 6.45) is 3.01. The van der Waals surface area contributed by atoms with Crippen LogP contribution in [0.25, 0.3) is 10.8 Å². The molecule has 3 nitrogen and oxygen atoms in total. The van der Waals surface area contributed by atoms with E-state index in [-0.39, 0.29) is 18.5 Å². The van der Waals surface area contributed by atoms with E-state index in [0.717, 1.165) is 54.2 Å². The van der Waals surface area contributed by atoms with Crippen LogP contribution in [0.4, 0.5) is 13.2 Å². The molecule has 8 heteroatoms. The van der Waals surface area contributed by atoms with E-state index in [1.807, 2.05) is 18.2 Å². The highest BCUT2D eigenvalue weighted by Gasteiger charge is 2.30. The molecule has 166 valence electrons. The third-order valence-electron chi connectivity index (χ3n) is 5.54. The second-order valence-corrected chi connectivity index (χ2v) is 8.08. The predicted octanol–water partition coefficient (Wildman–Crippen LogP) is 6.81. The number of aromatic nitrogens is 1. The summed E-state index contributed by atoms with van der Waals surface area (Å²) in [5.74, 6) is 0.691. The van der Waals surface area contributed by atoms with Crippen molar-refractivity contribution in [2.45, 2.75) is 50.6 Å². The molecule has 0 aliphatic heterocycles. The number of hydrogen-bond donors (Lipinski definition) is 1. The van der Waals surface area contributed by atoms with Gasteiger partial charge in [0.05, 0.1) is 16.7 Å². The Morgan fingerprint density at radius 1 is 1.00 bits per heavy atom. The molecule has 4 rings (SSSR count). The highest BCUT2D eigenvalue weighted by molar-refractivity contribution is 6.32. The van der Waals surface area contributed by atoms with Crippen molar-refractivity contribution in [2.75, 3.05) is 0 Å². The van der Waals surface area contributed by atoms with Crippen LogP contribution in [0.3, 0.4) is 0 Å². The molecule has 31 heavy (non-hydrogen) atoms. The highest BCUT2D eigenvalue weighted by Crippen LogP contribution is 2.33. The maximum absolute atomic E-state index is 12.7. The molecular weight excluding hydrogens is 448 g/mol. The van der Waals surface area contributed by atoms with E-state index in [0.29, 0.717) is 23.4 Å².